The van der Waals surface area contributed by atoms with Crippen LogP contribution >= 0.6 is 0 Å². The molecule has 0 unspecified atom stereocenters. The molecular formula is C31H36N2O5. The number of carbonyl (C=O) groups excluding carboxylic acids is 2. The predicted molar refractivity (Wildman–Crippen MR) is 146 cm³/mol. The van der Waals surface area contributed by atoms with Gasteiger partial charge in [-0.2, -0.15) is 0 Å². The molecule has 0 bridgehead atoms. The normalized spacial score (nSPS) is 15.4. The quantitative estimate of drug-likeness (QED) is 0.241. The smallest absolute Gasteiger partial charge is 0.307 e. The summed E-state index contributed by atoms with van der Waals surface area (Å²) in [6, 6.07) is 24.9. The molecule has 0 radical (unpaired) electrons. The van der Waals surface area contributed by atoms with Crippen LogP contribution in [0, 0.1) is 0 Å². The molecule has 1 aliphatic heterocycles. The summed E-state index contributed by atoms with van der Waals surface area (Å²) in [4.78, 5) is 27.5. The summed E-state index contributed by atoms with van der Waals surface area (Å²) in [5.41, 5.74) is 3.57. The molecule has 0 saturated carbocycles. The SMILES string of the molecule is COC(=O)C[C@@H](N[C@H]1c2ccccc2C(=O)N1CCCOC(C)C)c1ccc(OCc2ccccc2)cc1. The standard InChI is InChI=1S/C31H36N2O5/c1-22(2)37-19-9-18-33-30(26-12-7-8-13-27(26)31(33)35)32-28(20-29(34)36-3)24-14-16-25(17-15-24)38-21-23-10-5-4-6-11-23/h4-8,10-17,22,28,30,32H,9,18-21H2,1-3H3/t28-,30-/m1/s1. The molecule has 3 aromatic rings. The molecule has 1 N–H and O–H groups in total. The Labute approximate surface area is 224 Å². The third-order valence-corrected chi connectivity index (χ3v) is 6.54. The number of nitrogens with one attached hydrogen (secondary N) is 1. The van der Waals surface area contributed by atoms with Crippen LogP contribution in [0.5, 0.6) is 5.75 Å². The van der Waals surface area contributed by atoms with Crippen LogP contribution in [-0.2, 0) is 20.9 Å². The molecule has 0 fully saturated rings. The number of esters is 1. The molecule has 200 valence electrons. The zero-order chi connectivity index (χ0) is 26.9. The van der Waals surface area contributed by atoms with E-state index in [4.69, 9.17) is 14.2 Å². The van der Waals surface area contributed by atoms with Crippen LogP contribution < -0.4 is 10.1 Å². The Morgan fingerprint density at radius 1 is 0.974 bits per heavy atom. The van der Waals surface area contributed by atoms with Crippen LogP contribution in [0.15, 0.2) is 78.9 Å². The molecular weight excluding hydrogens is 480 g/mol. The van der Waals surface area contributed by atoms with Crippen molar-refractivity contribution in [2.45, 2.75) is 51.6 Å². The molecule has 7 nitrogen and oxygen atoms in total. The topological polar surface area (TPSA) is 77.1 Å². The first kappa shape index (κ1) is 27.4. The Morgan fingerprint density at radius 3 is 2.39 bits per heavy atom. The van der Waals surface area contributed by atoms with Crippen molar-refractivity contribution >= 4 is 11.9 Å². The monoisotopic (exact) mass is 516 g/mol. The van der Waals surface area contributed by atoms with Crippen LogP contribution in [0.25, 0.3) is 0 Å². The van der Waals surface area contributed by atoms with E-state index in [1.165, 1.54) is 7.11 Å². The number of ether oxygens (including phenoxy) is 3. The van der Waals surface area contributed by atoms with Gasteiger partial charge in [0.1, 0.15) is 18.5 Å². The summed E-state index contributed by atoms with van der Waals surface area (Å²) >= 11 is 0. The van der Waals surface area contributed by atoms with Crippen molar-refractivity contribution in [3.05, 3.63) is 101 Å². The number of methoxy groups -OCH3 is 1. The van der Waals surface area contributed by atoms with Gasteiger partial charge in [-0.1, -0.05) is 60.7 Å². The van der Waals surface area contributed by atoms with E-state index < -0.39 is 0 Å². The van der Waals surface area contributed by atoms with Crippen molar-refractivity contribution < 1.29 is 23.8 Å². The third kappa shape index (κ3) is 7.00. The second kappa shape index (κ2) is 13.2. The van der Waals surface area contributed by atoms with E-state index in [9.17, 15) is 9.59 Å². The summed E-state index contributed by atoms with van der Waals surface area (Å²) in [5, 5.41) is 3.58. The van der Waals surface area contributed by atoms with Gasteiger partial charge in [0.2, 0.25) is 0 Å². The van der Waals surface area contributed by atoms with Gasteiger partial charge in [-0.15, -0.1) is 0 Å². The first-order valence-electron chi connectivity index (χ1n) is 13.1. The van der Waals surface area contributed by atoms with Crippen molar-refractivity contribution in [2.24, 2.45) is 0 Å². The van der Waals surface area contributed by atoms with Gasteiger partial charge < -0.3 is 19.1 Å². The maximum absolute atomic E-state index is 13.3. The van der Waals surface area contributed by atoms with Crippen LogP contribution in [0.4, 0.5) is 0 Å². The van der Waals surface area contributed by atoms with E-state index in [2.05, 4.69) is 5.32 Å². The van der Waals surface area contributed by atoms with Crippen molar-refractivity contribution in [2.75, 3.05) is 20.3 Å². The minimum atomic E-state index is -0.374. The van der Waals surface area contributed by atoms with Gasteiger partial charge >= 0.3 is 5.97 Å². The summed E-state index contributed by atoms with van der Waals surface area (Å²) in [6.45, 7) is 5.57. The Balaban J connectivity index is 1.52. The number of carbonyl (C=O) groups is 2. The second-order valence-electron chi connectivity index (χ2n) is 9.60. The minimum absolute atomic E-state index is 0.0240. The zero-order valence-electron chi connectivity index (χ0n) is 22.3. The molecule has 1 aliphatic rings. The highest BCUT2D eigenvalue weighted by Gasteiger charge is 2.37. The molecule has 7 heteroatoms. The molecule has 1 heterocycles. The molecule has 3 aromatic carbocycles. The average molecular weight is 517 g/mol. The Morgan fingerprint density at radius 2 is 1.68 bits per heavy atom. The molecule has 0 aliphatic carbocycles. The van der Waals surface area contributed by atoms with Gasteiger partial charge in [0.05, 0.1) is 19.6 Å². The van der Waals surface area contributed by atoms with E-state index in [0.29, 0.717) is 31.7 Å². The minimum Gasteiger partial charge on any atom is -0.489 e. The van der Waals surface area contributed by atoms with Crippen LogP contribution in [-0.4, -0.2) is 43.1 Å². The fourth-order valence-electron chi connectivity index (χ4n) is 4.59. The number of hydrogen-bond acceptors (Lipinski definition) is 6. The van der Waals surface area contributed by atoms with Gasteiger partial charge in [-0.3, -0.25) is 14.9 Å². The van der Waals surface area contributed by atoms with E-state index in [1.807, 2.05) is 97.6 Å². The summed E-state index contributed by atoms with van der Waals surface area (Å²) in [6.07, 6.45) is 0.601. The lowest BCUT2D eigenvalue weighted by atomic mass is 10.0. The van der Waals surface area contributed by atoms with Gasteiger partial charge in [-0.05, 0) is 49.6 Å². The van der Waals surface area contributed by atoms with E-state index in [0.717, 1.165) is 22.4 Å². The molecule has 0 saturated heterocycles. The number of nitrogens with zero attached hydrogens (tertiary/aromatic N) is 1. The summed E-state index contributed by atoms with van der Waals surface area (Å²) in [5.74, 6) is 0.383. The maximum atomic E-state index is 13.3. The highest BCUT2D eigenvalue weighted by Crippen LogP contribution is 2.35. The first-order valence-corrected chi connectivity index (χ1v) is 13.1. The Bertz CT molecular complexity index is 1200. The molecule has 0 aromatic heterocycles. The van der Waals surface area contributed by atoms with E-state index in [-0.39, 0.29) is 36.6 Å². The van der Waals surface area contributed by atoms with Crippen molar-refractivity contribution in [3.8, 4) is 5.75 Å². The maximum Gasteiger partial charge on any atom is 0.307 e. The second-order valence-corrected chi connectivity index (χ2v) is 9.60. The van der Waals surface area contributed by atoms with Crippen LogP contribution in [0.3, 0.4) is 0 Å². The predicted octanol–water partition coefficient (Wildman–Crippen LogP) is 5.43. The molecule has 4 rings (SSSR count). The molecule has 2 atom stereocenters. The summed E-state index contributed by atoms with van der Waals surface area (Å²) in [7, 11) is 1.38. The summed E-state index contributed by atoms with van der Waals surface area (Å²) < 4.78 is 16.6. The number of hydrogen-bond donors (Lipinski definition) is 1. The van der Waals surface area contributed by atoms with Gasteiger partial charge in [-0.25, -0.2) is 0 Å². The largest absolute Gasteiger partial charge is 0.489 e. The highest BCUT2D eigenvalue weighted by molar-refractivity contribution is 5.99. The van der Waals surface area contributed by atoms with Crippen LogP contribution in [0.1, 0.15) is 65.9 Å². The number of amides is 1. The van der Waals surface area contributed by atoms with Crippen LogP contribution in [0.2, 0.25) is 0 Å². The zero-order valence-corrected chi connectivity index (χ0v) is 22.3. The number of benzene rings is 3. The van der Waals surface area contributed by atoms with E-state index >= 15 is 0 Å². The molecule has 38 heavy (non-hydrogen) atoms. The van der Waals surface area contributed by atoms with Gasteiger partial charge in [0, 0.05) is 30.3 Å². The molecule has 1 amide bonds. The first-order chi connectivity index (χ1) is 18.5. The van der Waals surface area contributed by atoms with E-state index in [1.54, 1.807) is 0 Å². The lowest BCUT2D eigenvalue weighted by Crippen LogP contribution is -2.40. The van der Waals surface area contributed by atoms with Crippen molar-refractivity contribution in [3.63, 3.8) is 0 Å². The fraction of sp³-hybridized carbons (Fsp3) is 0.355. The van der Waals surface area contributed by atoms with Gasteiger partial charge in [0.25, 0.3) is 5.91 Å². The van der Waals surface area contributed by atoms with Gasteiger partial charge in [0.15, 0.2) is 0 Å². The molecule has 0 spiro atoms. The Kier molecular flexibility index (Phi) is 9.51. The number of rotatable bonds is 13. The number of fused-ring (bicyclic) bond motifs is 1. The third-order valence-electron chi connectivity index (χ3n) is 6.54. The fourth-order valence-corrected chi connectivity index (χ4v) is 4.59. The average Bonchev–Trinajstić information content (AvgIpc) is 3.20. The van der Waals surface area contributed by atoms with Crippen molar-refractivity contribution in [1.29, 1.82) is 0 Å². The van der Waals surface area contributed by atoms with Crippen molar-refractivity contribution in [1.82, 2.24) is 10.2 Å². The lowest BCUT2D eigenvalue weighted by Gasteiger charge is -2.30. The highest BCUT2D eigenvalue weighted by atomic mass is 16.5. The lowest BCUT2D eigenvalue weighted by molar-refractivity contribution is -0.141. The Hall–Kier alpha value is -3.68.